The molecular formula is C14H23ClN2O3S. The van der Waals surface area contributed by atoms with E-state index in [1.807, 2.05) is 13.8 Å². The minimum absolute atomic E-state index is 0.0148. The normalized spacial score (nSPS) is 15.0. The average Bonchev–Trinajstić information content (AvgIpc) is 2.37. The van der Waals surface area contributed by atoms with E-state index in [2.05, 4.69) is 4.72 Å². The van der Waals surface area contributed by atoms with Gasteiger partial charge in [-0.1, -0.05) is 25.4 Å². The summed E-state index contributed by atoms with van der Waals surface area (Å²) in [6, 6.07) is 4.48. The molecule has 0 radical (unpaired) electrons. The Balaban J connectivity index is 3.19. The Kier molecular flexibility index (Phi) is 6.04. The first-order valence-electron chi connectivity index (χ1n) is 6.71. The molecule has 5 nitrogen and oxygen atoms in total. The third kappa shape index (κ3) is 4.85. The first kappa shape index (κ1) is 18.2. The average molecular weight is 335 g/mol. The summed E-state index contributed by atoms with van der Waals surface area (Å²) < 4.78 is 33.0. The van der Waals surface area contributed by atoms with E-state index in [0.29, 0.717) is 17.4 Å². The molecule has 120 valence electrons. The predicted molar refractivity (Wildman–Crippen MR) is 85.2 cm³/mol. The maximum Gasteiger partial charge on any atom is 0.244 e. The molecule has 0 aliphatic carbocycles. The van der Waals surface area contributed by atoms with Crippen molar-refractivity contribution in [2.45, 2.75) is 37.6 Å². The van der Waals surface area contributed by atoms with Gasteiger partial charge in [-0.3, -0.25) is 0 Å². The lowest BCUT2D eigenvalue weighted by atomic mass is 9.92. The molecule has 1 aromatic rings. The van der Waals surface area contributed by atoms with E-state index < -0.39 is 15.6 Å². The molecule has 1 atom stereocenters. The van der Waals surface area contributed by atoms with Gasteiger partial charge in [-0.05, 0) is 37.5 Å². The molecule has 0 bridgehead atoms. The van der Waals surface area contributed by atoms with Crippen LogP contribution < -0.4 is 15.2 Å². The Morgan fingerprint density at radius 1 is 1.43 bits per heavy atom. The zero-order valence-corrected chi connectivity index (χ0v) is 14.4. The summed E-state index contributed by atoms with van der Waals surface area (Å²) in [5.74, 6) is 0.554. The highest BCUT2D eigenvalue weighted by Gasteiger charge is 2.31. The Labute approximate surface area is 131 Å². The molecule has 1 rings (SSSR count). The zero-order chi connectivity index (χ0) is 16.3. The van der Waals surface area contributed by atoms with Crippen LogP contribution in [0.15, 0.2) is 23.1 Å². The highest BCUT2D eigenvalue weighted by molar-refractivity contribution is 7.89. The number of hydrogen-bond donors (Lipinski definition) is 2. The van der Waals surface area contributed by atoms with Gasteiger partial charge in [-0.15, -0.1) is 0 Å². The molecule has 0 saturated heterocycles. The molecule has 1 unspecified atom stereocenters. The Hall–Kier alpha value is -0.820. The minimum Gasteiger partial charge on any atom is -0.495 e. The van der Waals surface area contributed by atoms with Gasteiger partial charge in [0.25, 0.3) is 0 Å². The third-order valence-electron chi connectivity index (χ3n) is 3.11. The fourth-order valence-corrected chi connectivity index (χ4v) is 4.17. The van der Waals surface area contributed by atoms with Gasteiger partial charge >= 0.3 is 0 Å². The largest absolute Gasteiger partial charge is 0.495 e. The molecule has 0 aliphatic rings. The molecule has 0 fully saturated rings. The van der Waals surface area contributed by atoms with Crippen LogP contribution in [0.1, 0.15) is 27.2 Å². The second kappa shape index (κ2) is 6.96. The number of benzene rings is 1. The van der Waals surface area contributed by atoms with Crippen molar-refractivity contribution in [1.82, 2.24) is 4.72 Å². The lowest BCUT2D eigenvalue weighted by Gasteiger charge is -2.31. The lowest BCUT2D eigenvalue weighted by molar-refractivity contribution is 0.343. The van der Waals surface area contributed by atoms with Crippen LogP contribution in [-0.4, -0.2) is 27.6 Å². The molecule has 0 amide bonds. The number of hydrogen-bond acceptors (Lipinski definition) is 4. The van der Waals surface area contributed by atoms with Crippen molar-refractivity contribution in [3.8, 4) is 5.75 Å². The van der Waals surface area contributed by atoms with Crippen molar-refractivity contribution in [1.29, 1.82) is 0 Å². The number of rotatable bonds is 7. The van der Waals surface area contributed by atoms with Gasteiger partial charge in [0.15, 0.2) is 0 Å². The van der Waals surface area contributed by atoms with E-state index in [4.69, 9.17) is 22.1 Å². The van der Waals surface area contributed by atoms with Gasteiger partial charge < -0.3 is 10.5 Å². The molecule has 0 spiro atoms. The number of nitrogens with two attached hydrogens (primary N) is 1. The summed E-state index contributed by atoms with van der Waals surface area (Å²) in [5.41, 5.74) is 5.03. The summed E-state index contributed by atoms with van der Waals surface area (Å²) in [6.45, 7) is 6.03. The molecule has 21 heavy (non-hydrogen) atoms. The van der Waals surface area contributed by atoms with Crippen molar-refractivity contribution in [3.63, 3.8) is 0 Å². The van der Waals surface area contributed by atoms with Crippen LogP contribution in [0.4, 0.5) is 0 Å². The van der Waals surface area contributed by atoms with Gasteiger partial charge in [0.2, 0.25) is 10.0 Å². The second-order valence-electron chi connectivity index (χ2n) is 5.76. The SMILES string of the molecule is COc1ccc(Cl)cc1S(=O)(=O)NC(C)(CN)CC(C)C. The summed E-state index contributed by atoms with van der Waals surface area (Å²) in [7, 11) is -2.37. The maximum absolute atomic E-state index is 12.6. The predicted octanol–water partition coefficient (Wildman–Crippen LogP) is 2.39. The fourth-order valence-electron chi connectivity index (χ4n) is 2.31. The summed E-state index contributed by atoms with van der Waals surface area (Å²) in [6.07, 6.45) is 0.631. The fraction of sp³-hybridized carbons (Fsp3) is 0.571. The topological polar surface area (TPSA) is 81.4 Å². The van der Waals surface area contributed by atoms with Crippen LogP contribution in [0.25, 0.3) is 0 Å². The monoisotopic (exact) mass is 334 g/mol. The Bertz CT molecular complexity index is 590. The van der Waals surface area contributed by atoms with Crippen LogP contribution in [-0.2, 0) is 10.0 Å². The van der Waals surface area contributed by atoms with Crippen LogP contribution >= 0.6 is 11.6 Å². The van der Waals surface area contributed by atoms with Crippen molar-refractivity contribution in [2.24, 2.45) is 11.7 Å². The third-order valence-corrected chi connectivity index (χ3v) is 5.00. The van der Waals surface area contributed by atoms with E-state index in [9.17, 15) is 8.42 Å². The van der Waals surface area contributed by atoms with E-state index in [1.165, 1.54) is 19.2 Å². The molecule has 0 heterocycles. The second-order valence-corrected chi connectivity index (χ2v) is 7.85. The highest BCUT2D eigenvalue weighted by Crippen LogP contribution is 2.28. The zero-order valence-electron chi connectivity index (χ0n) is 12.8. The highest BCUT2D eigenvalue weighted by atomic mass is 35.5. The molecule has 3 N–H and O–H groups in total. The van der Waals surface area contributed by atoms with Crippen LogP contribution in [0.3, 0.4) is 0 Å². The van der Waals surface area contributed by atoms with E-state index >= 15 is 0 Å². The van der Waals surface area contributed by atoms with Gasteiger partial charge in [0, 0.05) is 17.1 Å². The summed E-state index contributed by atoms with van der Waals surface area (Å²) >= 11 is 5.90. The molecule has 1 aromatic carbocycles. The quantitative estimate of drug-likeness (QED) is 0.802. The lowest BCUT2D eigenvalue weighted by Crippen LogP contribution is -2.52. The number of sulfonamides is 1. The van der Waals surface area contributed by atoms with Crippen molar-refractivity contribution in [3.05, 3.63) is 23.2 Å². The van der Waals surface area contributed by atoms with Crippen LogP contribution in [0.2, 0.25) is 5.02 Å². The molecular weight excluding hydrogens is 312 g/mol. The standard InChI is InChI=1S/C14H23ClN2O3S/c1-10(2)8-14(3,9-16)17-21(18,19)13-7-11(15)5-6-12(13)20-4/h5-7,10,17H,8-9,16H2,1-4H3. The maximum atomic E-state index is 12.6. The summed E-state index contributed by atoms with van der Waals surface area (Å²) in [4.78, 5) is 0.0148. The van der Waals surface area contributed by atoms with Gasteiger partial charge in [0.1, 0.15) is 10.6 Å². The van der Waals surface area contributed by atoms with Crippen molar-refractivity contribution < 1.29 is 13.2 Å². The van der Waals surface area contributed by atoms with E-state index in [0.717, 1.165) is 0 Å². The first-order chi connectivity index (χ1) is 9.63. The Morgan fingerprint density at radius 2 is 2.05 bits per heavy atom. The van der Waals surface area contributed by atoms with Crippen molar-refractivity contribution in [2.75, 3.05) is 13.7 Å². The van der Waals surface area contributed by atoms with Gasteiger partial charge in [0.05, 0.1) is 7.11 Å². The summed E-state index contributed by atoms with van der Waals surface area (Å²) in [5, 5.41) is 0.328. The molecule has 0 aliphatic heterocycles. The smallest absolute Gasteiger partial charge is 0.244 e. The molecule has 0 saturated carbocycles. The van der Waals surface area contributed by atoms with Crippen molar-refractivity contribution >= 4 is 21.6 Å². The number of nitrogens with one attached hydrogen (secondary N) is 1. The van der Waals surface area contributed by atoms with Gasteiger partial charge in [-0.2, -0.15) is 0 Å². The van der Waals surface area contributed by atoms with E-state index in [1.54, 1.807) is 13.0 Å². The van der Waals surface area contributed by atoms with Gasteiger partial charge in [-0.25, -0.2) is 13.1 Å². The number of methoxy groups -OCH3 is 1. The number of ether oxygens (including phenoxy) is 1. The molecule has 0 aromatic heterocycles. The number of halogens is 1. The molecule has 7 heteroatoms. The first-order valence-corrected chi connectivity index (χ1v) is 8.57. The Morgan fingerprint density at radius 3 is 2.52 bits per heavy atom. The van der Waals surface area contributed by atoms with Crippen LogP contribution in [0.5, 0.6) is 5.75 Å². The van der Waals surface area contributed by atoms with E-state index in [-0.39, 0.29) is 17.2 Å². The minimum atomic E-state index is -3.78. The van der Waals surface area contributed by atoms with Crippen LogP contribution in [0, 0.1) is 5.92 Å².